The van der Waals surface area contributed by atoms with E-state index >= 15 is 0 Å². The standard InChI is InChI=1S/C11H20N2O/c1-7-6-9(7)11(14)13-10-4-3-5-12-8(10)2/h7-10,12H,3-6H2,1-2H3,(H,13,14). The van der Waals surface area contributed by atoms with Gasteiger partial charge in [0.2, 0.25) is 5.91 Å². The van der Waals surface area contributed by atoms with E-state index in [1.807, 2.05) is 0 Å². The number of hydrogen-bond acceptors (Lipinski definition) is 2. The zero-order valence-corrected chi connectivity index (χ0v) is 9.05. The molecule has 0 aromatic rings. The molecule has 1 amide bonds. The maximum absolute atomic E-state index is 11.7. The van der Waals surface area contributed by atoms with Gasteiger partial charge in [-0.2, -0.15) is 0 Å². The smallest absolute Gasteiger partial charge is 0.223 e. The van der Waals surface area contributed by atoms with Crippen molar-refractivity contribution in [3.05, 3.63) is 0 Å². The number of hydrogen-bond donors (Lipinski definition) is 2. The molecule has 80 valence electrons. The lowest BCUT2D eigenvalue weighted by atomic mass is 9.99. The summed E-state index contributed by atoms with van der Waals surface area (Å²) in [6.45, 7) is 5.39. The molecule has 0 bridgehead atoms. The molecule has 2 N–H and O–H groups in total. The van der Waals surface area contributed by atoms with Crippen molar-refractivity contribution in [2.75, 3.05) is 6.54 Å². The molecule has 0 aromatic carbocycles. The Balaban J connectivity index is 1.80. The van der Waals surface area contributed by atoms with Gasteiger partial charge in [0, 0.05) is 18.0 Å². The molecule has 0 spiro atoms. The van der Waals surface area contributed by atoms with E-state index in [0.717, 1.165) is 19.4 Å². The third kappa shape index (κ3) is 2.08. The topological polar surface area (TPSA) is 41.1 Å². The van der Waals surface area contributed by atoms with Gasteiger partial charge in [-0.05, 0) is 38.6 Å². The zero-order valence-electron chi connectivity index (χ0n) is 9.05. The highest BCUT2D eigenvalue weighted by Crippen LogP contribution is 2.37. The van der Waals surface area contributed by atoms with E-state index in [2.05, 4.69) is 24.5 Å². The highest BCUT2D eigenvalue weighted by molar-refractivity contribution is 5.81. The summed E-state index contributed by atoms with van der Waals surface area (Å²) in [4.78, 5) is 11.7. The predicted molar refractivity (Wildman–Crippen MR) is 55.9 cm³/mol. The van der Waals surface area contributed by atoms with Gasteiger partial charge in [-0.25, -0.2) is 0 Å². The number of carbonyl (C=O) groups excluding carboxylic acids is 1. The Morgan fingerprint density at radius 1 is 1.43 bits per heavy atom. The summed E-state index contributed by atoms with van der Waals surface area (Å²) < 4.78 is 0. The number of rotatable bonds is 2. The van der Waals surface area contributed by atoms with Crippen molar-refractivity contribution in [3.63, 3.8) is 0 Å². The summed E-state index contributed by atoms with van der Waals surface area (Å²) >= 11 is 0. The maximum atomic E-state index is 11.7. The summed E-state index contributed by atoms with van der Waals surface area (Å²) in [6, 6.07) is 0.783. The second-order valence-electron chi connectivity index (χ2n) is 4.82. The van der Waals surface area contributed by atoms with Gasteiger partial charge in [0.25, 0.3) is 0 Å². The van der Waals surface area contributed by atoms with E-state index in [0.29, 0.717) is 23.9 Å². The van der Waals surface area contributed by atoms with Crippen molar-refractivity contribution in [1.82, 2.24) is 10.6 Å². The lowest BCUT2D eigenvalue weighted by Crippen LogP contribution is -2.52. The molecule has 14 heavy (non-hydrogen) atoms. The van der Waals surface area contributed by atoms with Crippen LogP contribution in [0.25, 0.3) is 0 Å². The molecular weight excluding hydrogens is 176 g/mol. The van der Waals surface area contributed by atoms with E-state index in [9.17, 15) is 4.79 Å². The van der Waals surface area contributed by atoms with Crippen molar-refractivity contribution in [2.45, 2.75) is 45.2 Å². The van der Waals surface area contributed by atoms with Gasteiger partial charge in [0.15, 0.2) is 0 Å². The van der Waals surface area contributed by atoms with Gasteiger partial charge in [-0.3, -0.25) is 4.79 Å². The van der Waals surface area contributed by atoms with E-state index < -0.39 is 0 Å². The van der Waals surface area contributed by atoms with Crippen LogP contribution in [0.2, 0.25) is 0 Å². The van der Waals surface area contributed by atoms with Gasteiger partial charge >= 0.3 is 0 Å². The fourth-order valence-corrected chi connectivity index (χ4v) is 2.22. The van der Waals surface area contributed by atoms with Crippen LogP contribution in [0.1, 0.15) is 33.1 Å². The molecular formula is C11H20N2O. The van der Waals surface area contributed by atoms with E-state index in [1.54, 1.807) is 0 Å². The Bertz CT molecular complexity index is 229. The second kappa shape index (κ2) is 3.89. The Labute approximate surface area is 85.6 Å². The van der Waals surface area contributed by atoms with Crippen molar-refractivity contribution in [1.29, 1.82) is 0 Å². The normalized spacial score (nSPS) is 41.9. The van der Waals surface area contributed by atoms with Crippen molar-refractivity contribution in [2.24, 2.45) is 11.8 Å². The first-order valence-corrected chi connectivity index (χ1v) is 5.72. The van der Waals surface area contributed by atoms with Gasteiger partial charge < -0.3 is 10.6 Å². The highest BCUT2D eigenvalue weighted by Gasteiger charge is 2.40. The Kier molecular flexibility index (Phi) is 2.77. The van der Waals surface area contributed by atoms with Gasteiger partial charge in [0.1, 0.15) is 0 Å². The molecule has 3 nitrogen and oxygen atoms in total. The summed E-state index contributed by atoms with van der Waals surface area (Å²) in [5, 5.41) is 6.55. The van der Waals surface area contributed by atoms with Crippen molar-refractivity contribution >= 4 is 5.91 Å². The average molecular weight is 196 g/mol. The van der Waals surface area contributed by atoms with E-state index in [4.69, 9.17) is 0 Å². The molecule has 4 atom stereocenters. The Morgan fingerprint density at radius 2 is 2.14 bits per heavy atom. The lowest BCUT2D eigenvalue weighted by molar-refractivity contribution is -0.123. The molecule has 3 heteroatoms. The molecule has 1 saturated carbocycles. The van der Waals surface area contributed by atoms with Crippen LogP contribution in [-0.2, 0) is 4.79 Å². The quantitative estimate of drug-likeness (QED) is 0.689. The van der Waals surface area contributed by atoms with Crippen LogP contribution in [0.15, 0.2) is 0 Å². The van der Waals surface area contributed by atoms with E-state index in [-0.39, 0.29) is 5.91 Å². The minimum Gasteiger partial charge on any atom is -0.352 e. The molecule has 1 heterocycles. The highest BCUT2D eigenvalue weighted by atomic mass is 16.2. The minimum absolute atomic E-state index is 0.276. The Hall–Kier alpha value is -0.570. The molecule has 1 aliphatic heterocycles. The molecule has 4 unspecified atom stereocenters. The average Bonchev–Trinajstić information content (AvgIpc) is 2.87. The second-order valence-corrected chi connectivity index (χ2v) is 4.82. The monoisotopic (exact) mass is 196 g/mol. The first-order valence-electron chi connectivity index (χ1n) is 5.72. The third-order valence-electron chi connectivity index (χ3n) is 3.54. The van der Waals surface area contributed by atoms with Crippen LogP contribution in [0.5, 0.6) is 0 Å². The maximum Gasteiger partial charge on any atom is 0.223 e. The lowest BCUT2D eigenvalue weighted by Gasteiger charge is -2.30. The Morgan fingerprint density at radius 3 is 2.71 bits per heavy atom. The molecule has 1 aliphatic carbocycles. The molecule has 2 aliphatic rings. The number of carbonyl (C=O) groups is 1. The third-order valence-corrected chi connectivity index (χ3v) is 3.54. The first-order chi connectivity index (χ1) is 6.68. The molecule has 0 aromatic heterocycles. The van der Waals surface area contributed by atoms with Crippen molar-refractivity contribution < 1.29 is 4.79 Å². The van der Waals surface area contributed by atoms with Gasteiger partial charge in [0.05, 0.1) is 0 Å². The minimum atomic E-state index is 0.276. The summed E-state index contributed by atoms with van der Waals surface area (Å²) in [5.41, 5.74) is 0. The van der Waals surface area contributed by atoms with Crippen LogP contribution < -0.4 is 10.6 Å². The van der Waals surface area contributed by atoms with Gasteiger partial charge in [-0.15, -0.1) is 0 Å². The number of nitrogens with one attached hydrogen (secondary N) is 2. The van der Waals surface area contributed by atoms with Crippen LogP contribution in [0.4, 0.5) is 0 Å². The predicted octanol–water partition coefficient (Wildman–Crippen LogP) is 0.899. The fourth-order valence-electron chi connectivity index (χ4n) is 2.22. The van der Waals surface area contributed by atoms with Gasteiger partial charge in [-0.1, -0.05) is 6.92 Å². The van der Waals surface area contributed by atoms with Crippen LogP contribution in [0, 0.1) is 11.8 Å². The summed E-state index contributed by atoms with van der Waals surface area (Å²) in [5.74, 6) is 1.20. The number of amides is 1. The largest absolute Gasteiger partial charge is 0.352 e. The summed E-state index contributed by atoms with van der Waals surface area (Å²) in [6.07, 6.45) is 3.39. The SMILES string of the molecule is CC1CC1C(=O)NC1CCCNC1C. The van der Waals surface area contributed by atoms with Crippen molar-refractivity contribution in [3.8, 4) is 0 Å². The van der Waals surface area contributed by atoms with Crippen LogP contribution in [0.3, 0.4) is 0 Å². The first kappa shape index (κ1) is 9.97. The molecule has 2 rings (SSSR count). The van der Waals surface area contributed by atoms with E-state index in [1.165, 1.54) is 6.42 Å². The summed E-state index contributed by atoms with van der Waals surface area (Å²) in [7, 11) is 0. The molecule has 2 fully saturated rings. The molecule has 1 saturated heterocycles. The fraction of sp³-hybridized carbons (Fsp3) is 0.909. The molecule has 0 radical (unpaired) electrons. The van der Waals surface area contributed by atoms with Crippen LogP contribution in [-0.4, -0.2) is 24.5 Å². The van der Waals surface area contributed by atoms with Crippen LogP contribution >= 0.6 is 0 Å². The number of piperidine rings is 1. The zero-order chi connectivity index (χ0) is 10.1.